The molecule has 3 aromatic rings. The standard InChI is InChI=1S/C22H27N3O2/c1-16(14-25(2)15-17-7-5-4-6-8-17)24-22(26)11-18-13-23-21-10-9-19(27-3)12-20(18)21/h4-10,12-13,16,23H,11,14-15H2,1-3H3,(H,24,26)/t16-/m1/s1. The molecule has 27 heavy (non-hydrogen) atoms. The summed E-state index contributed by atoms with van der Waals surface area (Å²) in [6.07, 6.45) is 2.25. The molecule has 0 unspecified atom stereocenters. The summed E-state index contributed by atoms with van der Waals surface area (Å²) in [5.41, 5.74) is 3.26. The van der Waals surface area contributed by atoms with Crippen LogP contribution in [0.15, 0.2) is 54.7 Å². The lowest BCUT2D eigenvalue weighted by Crippen LogP contribution is -2.41. The molecule has 142 valence electrons. The Bertz CT molecular complexity index is 889. The van der Waals surface area contributed by atoms with Gasteiger partial charge in [0.05, 0.1) is 13.5 Å². The van der Waals surface area contributed by atoms with Crippen molar-refractivity contribution in [2.75, 3.05) is 20.7 Å². The highest BCUT2D eigenvalue weighted by atomic mass is 16.5. The van der Waals surface area contributed by atoms with Gasteiger partial charge in [-0.15, -0.1) is 0 Å². The van der Waals surface area contributed by atoms with Crippen LogP contribution in [-0.4, -0.2) is 42.5 Å². The molecule has 0 aliphatic rings. The molecule has 0 radical (unpaired) electrons. The number of fused-ring (bicyclic) bond motifs is 1. The zero-order valence-corrected chi connectivity index (χ0v) is 16.2. The number of carbonyl (C=O) groups excluding carboxylic acids is 1. The number of benzene rings is 2. The van der Waals surface area contributed by atoms with Crippen molar-refractivity contribution in [1.82, 2.24) is 15.2 Å². The maximum absolute atomic E-state index is 12.5. The molecule has 2 N–H and O–H groups in total. The topological polar surface area (TPSA) is 57.4 Å². The molecule has 0 spiro atoms. The van der Waals surface area contributed by atoms with Gasteiger partial charge in [-0.25, -0.2) is 0 Å². The maximum Gasteiger partial charge on any atom is 0.224 e. The zero-order chi connectivity index (χ0) is 19.2. The van der Waals surface area contributed by atoms with Crippen LogP contribution < -0.4 is 10.1 Å². The molecule has 1 heterocycles. The highest BCUT2D eigenvalue weighted by molar-refractivity contribution is 5.89. The van der Waals surface area contributed by atoms with Gasteiger partial charge in [0.15, 0.2) is 0 Å². The van der Waals surface area contributed by atoms with E-state index in [-0.39, 0.29) is 11.9 Å². The number of hydrogen-bond donors (Lipinski definition) is 2. The van der Waals surface area contributed by atoms with Gasteiger partial charge in [-0.1, -0.05) is 30.3 Å². The van der Waals surface area contributed by atoms with E-state index >= 15 is 0 Å². The predicted molar refractivity (Wildman–Crippen MR) is 109 cm³/mol. The number of nitrogens with zero attached hydrogens (tertiary/aromatic N) is 1. The molecule has 1 aromatic heterocycles. The first-order valence-corrected chi connectivity index (χ1v) is 9.21. The second-order valence-corrected chi connectivity index (χ2v) is 7.05. The second kappa shape index (κ2) is 8.73. The summed E-state index contributed by atoms with van der Waals surface area (Å²) in [4.78, 5) is 17.9. The van der Waals surface area contributed by atoms with E-state index in [1.54, 1.807) is 7.11 Å². The summed E-state index contributed by atoms with van der Waals surface area (Å²) in [5.74, 6) is 0.819. The number of likely N-dealkylation sites (N-methyl/N-ethyl adjacent to an activating group) is 1. The normalized spacial score (nSPS) is 12.3. The number of rotatable bonds is 8. The van der Waals surface area contributed by atoms with Gasteiger partial charge in [-0.3, -0.25) is 4.79 Å². The van der Waals surface area contributed by atoms with Gasteiger partial charge in [0.1, 0.15) is 5.75 Å². The molecular weight excluding hydrogens is 338 g/mol. The van der Waals surface area contributed by atoms with E-state index < -0.39 is 0 Å². The van der Waals surface area contributed by atoms with Crippen LogP contribution in [0.2, 0.25) is 0 Å². The van der Waals surface area contributed by atoms with Crippen molar-refractivity contribution in [1.29, 1.82) is 0 Å². The Kier molecular flexibility index (Phi) is 6.14. The van der Waals surface area contributed by atoms with Gasteiger partial charge in [-0.2, -0.15) is 0 Å². The van der Waals surface area contributed by atoms with E-state index in [4.69, 9.17) is 4.74 Å². The first-order chi connectivity index (χ1) is 13.0. The van der Waals surface area contributed by atoms with Crippen molar-refractivity contribution in [3.63, 3.8) is 0 Å². The van der Waals surface area contributed by atoms with Gasteiger partial charge in [0.25, 0.3) is 0 Å². The van der Waals surface area contributed by atoms with Gasteiger partial charge in [0, 0.05) is 36.2 Å². The number of carbonyl (C=O) groups is 1. The molecular formula is C22H27N3O2. The molecule has 5 heteroatoms. The minimum atomic E-state index is 0.0272. The molecule has 0 aliphatic carbocycles. The van der Waals surface area contributed by atoms with E-state index in [1.807, 2.05) is 49.5 Å². The number of methoxy groups -OCH3 is 1. The lowest BCUT2D eigenvalue weighted by Gasteiger charge is -2.22. The van der Waals surface area contributed by atoms with Crippen LogP contribution in [0, 0.1) is 0 Å². The lowest BCUT2D eigenvalue weighted by molar-refractivity contribution is -0.121. The Hall–Kier alpha value is -2.79. The molecule has 0 fully saturated rings. The van der Waals surface area contributed by atoms with Gasteiger partial charge in [0.2, 0.25) is 5.91 Å². The largest absolute Gasteiger partial charge is 0.497 e. The number of amides is 1. The molecule has 2 aromatic carbocycles. The van der Waals surface area contributed by atoms with E-state index in [9.17, 15) is 4.79 Å². The smallest absolute Gasteiger partial charge is 0.224 e. The van der Waals surface area contributed by atoms with Gasteiger partial charge >= 0.3 is 0 Å². The average molecular weight is 365 g/mol. The van der Waals surface area contributed by atoms with Gasteiger partial charge < -0.3 is 19.9 Å². The number of ether oxygens (including phenoxy) is 1. The van der Waals surface area contributed by atoms with Crippen molar-refractivity contribution in [2.45, 2.75) is 25.9 Å². The summed E-state index contributed by atoms with van der Waals surface area (Å²) in [7, 11) is 3.72. The third-order valence-electron chi connectivity index (χ3n) is 4.61. The fourth-order valence-electron chi connectivity index (χ4n) is 3.40. The maximum atomic E-state index is 12.5. The van der Waals surface area contributed by atoms with Crippen LogP contribution >= 0.6 is 0 Å². The molecule has 5 nitrogen and oxygen atoms in total. The number of hydrogen-bond acceptors (Lipinski definition) is 3. The van der Waals surface area contributed by atoms with E-state index in [2.05, 4.69) is 34.4 Å². The highest BCUT2D eigenvalue weighted by Crippen LogP contribution is 2.23. The molecule has 3 rings (SSSR count). The number of aromatic amines is 1. The first kappa shape index (κ1) is 19.0. The summed E-state index contributed by atoms with van der Waals surface area (Å²) >= 11 is 0. The summed E-state index contributed by atoms with van der Waals surface area (Å²) in [5, 5.41) is 4.13. The number of H-pyrrole nitrogens is 1. The van der Waals surface area contributed by atoms with Crippen LogP contribution in [0.5, 0.6) is 5.75 Å². The predicted octanol–water partition coefficient (Wildman–Crippen LogP) is 3.36. The van der Waals surface area contributed by atoms with Crippen LogP contribution in [-0.2, 0) is 17.8 Å². The molecule has 0 saturated carbocycles. The molecule has 0 aliphatic heterocycles. The third-order valence-corrected chi connectivity index (χ3v) is 4.61. The second-order valence-electron chi connectivity index (χ2n) is 7.05. The SMILES string of the molecule is COc1ccc2[nH]cc(CC(=O)N[C@H](C)CN(C)Cc3ccccc3)c2c1. The van der Waals surface area contributed by atoms with E-state index in [0.717, 1.165) is 35.3 Å². The molecule has 0 bridgehead atoms. The van der Waals surface area contributed by atoms with Crippen LogP contribution in [0.25, 0.3) is 10.9 Å². The molecule has 0 saturated heterocycles. The van der Waals surface area contributed by atoms with Crippen molar-refractivity contribution < 1.29 is 9.53 Å². The fourth-order valence-corrected chi connectivity index (χ4v) is 3.40. The number of nitrogens with one attached hydrogen (secondary N) is 2. The van der Waals surface area contributed by atoms with Gasteiger partial charge in [-0.05, 0) is 43.3 Å². The average Bonchev–Trinajstić information content (AvgIpc) is 3.04. The third kappa shape index (κ3) is 5.11. The molecule has 1 amide bonds. The minimum Gasteiger partial charge on any atom is -0.497 e. The monoisotopic (exact) mass is 365 g/mol. The Morgan fingerprint density at radius 3 is 2.74 bits per heavy atom. The quantitative estimate of drug-likeness (QED) is 0.644. The van der Waals surface area contributed by atoms with Crippen molar-refractivity contribution >= 4 is 16.8 Å². The Labute approximate surface area is 160 Å². The van der Waals surface area contributed by atoms with Crippen LogP contribution in [0.3, 0.4) is 0 Å². The highest BCUT2D eigenvalue weighted by Gasteiger charge is 2.13. The Morgan fingerprint density at radius 2 is 2.00 bits per heavy atom. The Morgan fingerprint density at radius 1 is 1.22 bits per heavy atom. The van der Waals surface area contributed by atoms with E-state index in [0.29, 0.717) is 6.42 Å². The Balaban J connectivity index is 1.54. The summed E-state index contributed by atoms with van der Waals surface area (Å²) in [6, 6.07) is 16.3. The van der Waals surface area contributed by atoms with Crippen molar-refractivity contribution in [3.05, 3.63) is 65.9 Å². The van der Waals surface area contributed by atoms with Crippen LogP contribution in [0.4, 0.5) is 0 Å². The molecule has 1 atom stereocenters. The summed E-state index contributed by atoms with van der Waals surface area (Å²) in [6.45, 7) is 3.70. The number of aromatic nitrogens is 1. The lowest BCUT2D eigenvalue weighted by atomic mass is 10.1. The minimum absolute atomic E-state index is 0.0272. The fraction of sp³-hybridized carbons (Fsp3) is 0.318. The first-order valence-electron chi connectivity index (χ1n) is 9.21. The van der Waals surface area contributed by atoms with Crippen molar-refractivity contribution in [2.24, 2.45) is 0 Å². The summed E-state index contributed by atoms with van der Waals surface area (Å²) < 4.78 is 5.29. The van der Waals surface area contributed by atoms with Crippen LogP contribution in [0.1, 0.15) is 18.1 Å². The van der Waals surface area contributed by atoms with E-state index in [1.165, 1.54) is 5.56 Å². The zero-order valence-electron chi connectivity index (χ0n) is 16.2. The van der Waals surface area contributed by atoms with Crippen molar-refractivity contribution in [3.8, 4) is 5.75 Å².